The normalized spacial score (nSPS) is 13.4. The lowest BCUT2D eigenvalue weighted by molar-refractivity contribution is -0.147. The summed E-state index contributed by atoms with van der Waals surface area (Å²) in [5, 5.41) is 3.21. The average molecular weight is 485 g/mol. The van der Waals surface area contributed by atoms with Crippen molar-refractivity contribution in [3.63, 3.8) is 0 Å². The van der Waals surface area contributed by atoms with Crippen LogP contribution in [0, 0.1) is 6.92 Å². The Labute approximate surface area is 209 Å². The molecule has 1 saturated heterocycles. The third-order valence-electron chi connectivity index (χ3n) is 5.84. The Balaban J connectivity index is 2.03. The van der Waals surface area contributed by atoms with E-state index >= 15 is 0 Å². The Hall–Kier alpha value is -3.09. The smallest absolute Gasteiger partial charge is 0.330 e. The van der Waals surface area contributed by atoms with E-state index in [0.717, 1.165) is 62.5 Å². The summed E-state index contributed by atoms with van der Waals surface area (Å²) in [5.41, 5.74) is 1.97. The molecule has 1 aromatic carbocycles. The van der Waals surface area contributed by atoms with E-state index in [9.17, 15) is 14.4 Å². The van der Waals surface area contributed by atoms with Crippen molar-refractivity contribution in [1.29, 1.82) is 0 Å². The van der Waals surface area contributed by atoms with E-state index in [4.69, 9.17) is 9.47 Å². The molecule has 0 unspecified atom stereocenters. The highest BCUT2D eigenvalue weighted by atomic mass is 16.5. The van der Waals surface area contributed by atoms with Crippen LogP contribution in [-0.4, -0.2) is 54.1 Å². The fourth-order valence-electron chi connectivity index (χ4n) is 3.81. The number of aryl methyl sites for hydroxylation is 1. The summed E-state index contributed by atoms with van der Waals surface area (Å²) >= 11 is 0. The molecule has 1 aromatic rings. The monoisotopic (exact) mass is 484 g/mol. The minimum atomic E-state index is -0.393. The number of unbranched alkanes of at least 4 members (excludes halogenated alkanes) is 5. The van der Waals surface area contributed by atoms with Gasteiger partial charge in [0.05, 0.1) is 13.2 Å². The predicted molar refractivity (Wildman–Crippen MR) is 138 cm³/mol. The van der Waals surface area contributed by atoms with Crippen molar-refractivity contribution in [1.82, 2.24) is 10.0 Å². The van der Waals surface area contributed by atoms with Crippen LogP contribution in [0.3, 0.4) is 0 Å². The van der Waals surface area contributed by atoms with Crippen LogP contribution in [0.25, 0.3) is 6.08 Å². The Bertz CT molecular complexity index is 881. The number of carbonyl (C=O) groups excluding carboxylic acids is 3. The van der Waals surface area contributed by atoms with Crippen molar-refractivity contribution in [3.05, 3.63) is 47.6 Å². The molecular formula is C28H40N2O5. The summed E-state index contributed by atoms with van der Waals surface area (Å²) in [6.07, 6.45) is 10.00. The van der Waals surface area contributed by atoms with Gasteiger partial charge in [-0.05, 0) is 63.7 Å². The molecule has 192 valence electrons. The van der Waals surface area contributed by atoms with E-state index in [2.05, 4.69) is 20.4 Å². The molecule has 0 bridgehead atoms. The van der Waals surface area contributed by atoms with Gasteiger partial charge in [-0.1, -0.05) is 44.9 Å². The second-order valence-electron chi connectivity index (χ2n) is 8.80. The number of hydrogen-bond acceptors (Lipinski definition) is 5. The summed E-state index contributed by atoms with van der Waals surface area (Å²) in [6.45, 7) is 11.5. The largest absolute Gasteiger partial charge is 0.493 e. The zero-order chi connectivity index (χ0) is 25.6. The molecule has 7 nitrogen and oxygen atoms in total. The van der Waals surface area contributed by atoms with Crippen LogP contribution in [0.15, 0.2) is 36.4 Å². The number of ether oxygens (including phenoxy) is 2. The second-order valence-corrected chi connectivity index (χ2v) is 8.80. The highest BCUT2D eigenvalue weighted by Crippen LogP contribution is 2.28. The predicted octanol–water partition coefficient (Wildman–Crippen LogP) is 5.23. The van der Waals surface area contributed by atoms with Gasteiger partial charge >= 0.3 is 5.97 Å². The molecular weight excluding hydrogens is 444 g/mol. The zero-order valence-electron chi connectivity index (χ0n) is 21.5. The van der Waals surface area contributed by atoms with Gasteiger partial charge in [0, 0.05) is 24.7 Å². The van der Waals surface area contributed by atoms with E-state index in [1.165, 1.54) is 6.08 Å². The van der Waals surface area contributed by atoms with E-state index in [1.54, 1.807) is 16.1 Å². The third kappa shape index (κ3) is 8.57. The zero-order valence-corrected chi connectivity index (χ0v) is 21.5. The van der Waals surface area contributed by atoms with Gasteiger partial charge in [-0.25, -0.2) is 14.8 Å². The molecule has 0 spiro atoms. The van der Waals surface area contributed by atoms with Gasteiger partial charge in [-0.2, -0.15) is 0 Å². The maximum Gasteiger partial charge on any atom is 0.330 e. The number of esters is 1. The fourth-order valence-corrected chi connectivity index (χ4v) is 3.81. The van der Waals surface area contributed by atoms with Crippen molar-refractivity contribution >= 4 is 23.9 Å². The lowest BCUT2D eigenvalue weighted by Gasteiger charge is -2.27. The molecule has 0 N–H and O–H groups in total. The van der Waals surface area contributed by atoms with Crippen molar-refractivity contribution in [2.45, 2.75) is 72.1 Å². The van der Waals surface area contributed by atoms with Crippen molar-refractivity contribution < 1.29 is 23.9 Å². The number of benzene rings is 1. The first kappa shape index (κ1) is 28.1. The molecule has 0 radical (unpaired) electrons. The van der Waals surface area contributed by atoms with Crippen LogP contribution in [0.5, 0.6) is 5.75 Å². The number of amides is 2. The van der Waals surface area contributed by atoms with Gasteiger partial charge in [0.25, 0.3) is 11.8 Å². The summed E-state index contributed by atoms with van der Waals surface area (Å²) < 4.78 is 11.0. The molecule has 1 aliphatic heterocycles. The van der Waals surface area contributed by atoms with Gasteiger partial charge in [-0.15, -0.1) is 0 Å². The highest BCUT2D eigenvalue weighted by Gasteiger charge is 2.40. The Morgan fingerprint density at radius 1 is 0.914 bits per heavy atom. The first-order valence-corrected chi connectivity index (χ1v) is 12.8. The second kappa shape index (κ2) is 15.0. The first-order chi connectivity index (χ1) is 16.9. The molecule has 0 atom stereocenters. The average Bonchev–Trinajstić information content (AvgIpc) is 3.07. The van der Waals surface area contributed by atoms with Crippen LogP contribution < -0.4 is 4.74 Å². The maximum atomic E-state index is 13.2. The quantitative estimate of drug-likeness (QED) is 0.139. The Morgan fingerprint density at radius 2 is 1.51 bits per heavy atom. The summed E-state index contributed by atoms with van der Waals surface area (Å²) in [5.74, 6) is -0.195. The minimum absolute atomic E-state index is 0.196. The lowest BCUT2D eigenvalue weighted by atomic mass is 10.1. The molecule has 2 rings (SSSR count). The molecule has 0 aromatic heterocycles. The van der Waals surface area contributed by atoms with Crippen LogP contribution >= 0.6 is 0 Å². The van der Waals surface area contributed by atoms with Crippen LogP contribution in [0.2, 0.25) is 0 Å². The van der Waals surface area contributed by atoms with Crippen molar-refractivity contribution in [3.8, 4) is 5.75 Å². The van der Waals surface area contributed by atoms with Gasteiger partial charge in [-0.3, -0.25) is 9.59 Å². The number of carbonyl (C=O) groups is 3. The molecule has 2 amide bonds. The number of hydrogen-bond donors (Lipinski definition) is 0. The standard InChI is InChI=1S/C28H40N2O5/c1-5-8-16-29-27(32)24(28(33)30(29)17-9-6-2)21-23-20-22(4)14-15-25(23)34-18-12-10-11-13-19-35-26(31)7-3/h7,14-15,20-21H,3,5-6,8-13,16-19H2,1-2,4H3. The Kier molecular flexibility index (Phi) is 12.1. The maximum absolute atomic E-state index is 13.2. The summed E-state index contributed by atoms with van der Waals surface area (Å²) in [7, 11) is 0. The lowest BCUT2D eigenvalue weighted by Crippen LogP contribution is -2.42. The van der Waals surface area contributed by atoms with Gasteiger partial charge in [0.15, 0.2) is 0 Å². The van der Waals surface area contributed by atoms with Gasteiger partial charge in [0.1, 0.15) is 11.3 Å². The molecule has 1 aliphatic rings. The molecule has 1 heterocycles. The van der Waals surface area contributed by atoms with E-state index in [-0.39, 0.29) is 17.4 Å². The topological polar surface area (TPSA) is 76.2 Å². The third-order valence-corrected chi connectivity index (χ3v) is 5.84. The van der Waals surface area contributed by atoms with Crippen molar-refractivity contribution in [2.75, 3.05) is 26.3 Å². The van der Waals surface area contributed by atoms with Crippen LogP contribution in [-0.2, 0) is 19.1 Å². The minimum Gasteiger partial charge on any atom is -0.493 e. The fraction of sp³-hybridized carbons (Fsp3) is 0.536. The van der Waals surface area contributed by atoms with Crippen LogP contribution in [0.1, 0.15) is 76.3 Å². The number of nitrogens with zero attached hydrogens (tertiary/aromatic N) is 2. The Morgan fingerprint density at radius 3 is 2.09 bits per heavy atom. The van der Waals surface area contributed by atoms with Crippen LogP contribution in [0.4, 0.5) is 0 Å². The summed E-state index contributed by atoms with van der Waals surface area (Å²) in [6, 6.07) is 5.80. The molecule has 1 fully saturated rings. The molecule has 7 heteroatoms. The van der Waals surface area contributed by atoms with Gasteiger partial charge in [0.2, 0.25) is 0 Å². The highest BCUT2D eigenvalue weighted by molar-refractivity contribution is 6.25. The molecule has 0 saturated carbocycles. The van der Waals surface area contributed by atoms with E-state index in [1.807, 2.05) is 25.1 Å². The summed E-state index contributed by atoms with van der Waals surface area (Å²) in [4.78, 5) is 37.4. The molecule has 35 heavy (non-hydrogen) atoms. The number of hydrazine groups is 1. The molecule has 0 aliphatic carbocycles. The SMILES string of the molecule is C=CC(=O)OCCCCCCOc1ccc(C)cc1C=C1C(=O)N(CCCC)N(CCCC)C1=O. The first-order valence-electron chi connectivity index (χ1n) is 12.8. The number of rotatable bonds is 16. The van der Waals surface area contributed by atoms with E-state index < -0.39 is 5.97 Å². The van der Waals surface area contributed by atoms with Crippen molar-refractivity contribution in [2.24, 2.45) is 0 Å². The van der Waals surface area contributed by atoms with Gasteiger partial charge < -0.3 is 9.47 Å². The van der Waals surface area contributed by atoms with E-state index in [0.29, 0.717) is 32.1 Å².